The van der Waals surface area contributed by atoms with E-state index < -0.39 is 0 Å². The summed E-state index contributed by atoms with van der Waals surface area (Å²) in [6.45, 7) is 2.61. The van der Waals surface area contributed by atoms with Crippen molar-refractivity contribution < 1.29 is 9.26 Å². The Balaban J connectivity index is 1.56. The predicted octanol–water partition coefficient (Wildman–Crippen LogP) is 3.34. The average Bonchev–Trinajstić information content (AvgIpc) is 2.97. The number of aromatic nitrogens is 1. The van der Waals surface area contributed by atoms with Gasteiger partial charge >= 0.3 is 0 Å². The molecule has 4 heteroatoms. The molecule has 0 bridgehead atoms. The number of likely N-dealkylation sites (N-methyl/N-ethyl adjacent to an activating group) is 1. The third-order valence-electron chi connectivity index (χ3n) is 3.84. The molecular formula is C17H22N2O2. The molecule has 3 rings (SSSR count). The van der Waals surface area contributed by atoms with E-state index >= 15 is 0 Å². The van der Waals surface area contributed by atoms with Crippen molar-refractivity contribution >= 4 is 0 Å². The van der Waals surface area contributed by atoms with Crippen LogP contribution in [0.5, 0.6) is 0 Å². The summed E-state index contributed by atoms with van der Waals surface area (Å²) >= 11 is 0. The summed E-state index contributed by atoms with van der Waals surface area (Å²) in [5, 5.41) is 4.15. The molecule has 2 heterocycles. The summed E-state index contributed by atoms with van der Waals surface area (Å²) in [5.41, 5.74) is 1.98. The molecule has 1 fully saturated rings. The molecular weight excluding hydrogens is 264 g/mol. The molecule has 0 aliphatic carbocycles. The normalized spacial score (nSPS) is 19.0. The van der Waals surface area contributed by atoms with Gasteiger partial charge in [0.25, 0.3) is 0 Å². The van der Waals surface area contributed by atoms with Gasteiger partial charge in [-0.05, 0) is 26.3 Å². The average molecular weight is 286 g/mol. The van der Waals surface area contributed by atoms with Gasteiger partial charge in [-0.2, -0.15) is 0 Å². The second-order valence-corrected chi connectivity index (χ2v) is 5.73. The molecule has 0 N–H and O–H groups in total. The molecule has 0 unspecified atom stereocenters. The van der Waals surface area contributed by atoms with Crippen LogP contribution in [0.2, 0.25) is 0 Å². The highest BCUT2D eigenvalue weighted by atomic mass is 16.5. The maximum atomic E-state index is 5.77. The van der Waals surface area contributed by atoms with Crippen LogP contribution in [0.25, 0.3) is 11.3 Å². The highest BCUT2D eigenvalue weighted by Gasteiger charge is 2.17. The van der Waals surface area contributed by atoms with Gasteiger partial charge < -0.3 is 9.26 Å². The van der Waals surface area contributed by atoms with Crippen LogP contribution in [0.4, 0.5) is 0 Å². The number of ether oxygens (including phenoxy) is 1. The SMILES string of the molecule is CN(Cc1cc(-c2ccccc2)no1)C[C@@H]1CCCCO1. The fourth-order valence-electron chi connectivity index (χ4n) is 2.76. The Labute approximate surface area is 125 Å². The van der Waals surface area contributed by atoms with E-state index in [0.717, 1.165) is 43.1 Å². The molecule has 0 radical (unpaired) electrons. The number of nitrogens with zero attached hydrogens (tertiary/aromatic N) is 2. The van der Waals surface area contributed by atoms with Crippen molar-refractivity contribution in [1.29, 1.82) is 0 Å². The molecule has 2 aromatic rings. The Morgan fingerprint density at radius 1 is 1.24 bits per heavy atom. The van der Waals surface area contributed by atoms with Crippen molar-refractivity contribution in [3.63, 3.8) is 0 Å². The number of rotatable bonds is 5. The lowest BCUT2D eigenvalue weighted by Gasteiger charge is -2.26. The lowest BCUT2D eigenvalue weighted by molar-refractivity contribution is -0.00359. The van der Waals surface area contributed by atoms with Gasteiger partial charge in [-0.1, -0.05) is 35.5 Å². The highest BCUT2D eigenvalue weighted by molar-refractivity contribution is 5.58. The van der Waals surface area contributed by atoms with Gasteiger partial charge in [-0.15, -0.1) is 0 Å². The third kappa shape index (κ3) is 3.93. The van der Waals surface area contributed by atoms with Gasteiger partial charge in [-0.3, -0.25) is 4.90 Å². The third-order valence-corrected chi connectivity index (χ3v) is 3.84. The van der Waals surface area contributed by atoms with Crippen LogP contribution < -0.4 is 0 Å². The van der Waals surface area contributed by atoms with E-state index in [4.69, 9.17) is 9.26 Å². The minimum absolute atomic E-state index is 0.361. The van der Waals surface area contributed by atoms with Gasteiger partial charge in [0.15, 0.2) is 5.76 Å². The van der Waals surface area contributed by atoms with Crippen molar-refractivity contribution in [2.75, 3.05) is 20.2 Å². The standard InChI is InChI=1S/C17H22N2O2/c1-19(12-15-9-5-6-10-20-15)13-16-11-17(18-21-16)14-7-3-2-4-8-14/h2-4,7-8,11,15H,5-6,9-10,12-13H2,1H3/t15-/m0/s1. The van der Waals surface area contributed by atoms with Gasteiger partial charge in [0.2, 0.25) is 0 Å². The second-order valence-electron chi connectivity index (χ2n) is 5.73. The molecule has 0 spiro atoms. The maximum Gasteiger partial charge on any atom is 0.151 e. The number of hydrogen-bond donors (Lipinski definition) is 0. The zero-order chi connectivity index (χ0) is 14.5. The van der Waals surface area contributed by atoms with E-state index in [1.807, 2.05) is 36.4 Å². The lowest BCUT2D eigenvalue weighted by Crippen LogP contribution is -2.32. The Bertz CT molecular complexity index is 547. The monoisotopic (exact) mass is 286 g/mol. The van der Waals surface area contributed by atoms with E-state index in [1.165, 1.54) is 12.8 Å². The number of hydrogen-bond acceptors (Lipinski definition) is 4. The molecule has 112 valence electrons. The van der Waals surface area contributed by atoms with Crippen LogP contribution in [0.1, 0.15) is 25.0 Å². The van der Waals surface area contributed by atoms with Crippen molar-refractivity contribution in [2.45, 2.75) is 31.9 Å². The smallest absolute Gasteiger partial charge is 0.151 e. The largest absolute Gasteiger partial charge is 0.377 e. The minimum Gasteiger partial charge on any atom is -0.377 e. The first-order valence-electron chi connectivity index (χ1n) is 7.62. The Morgan fingerprint density at radius 2 is 2.10 bits per heavy atom. The van der Waals surface area contributed by atoms with Gasteiger partial charge in [0.1, 0.15) is 5.69 Å². The zero-order valence-electron chi connectivity index (χ0n) is 12.5. The maximum absolute atomic E-state index is 5.77. The molecule has 1 saturated heterocycles. The summed E-state index contributed by atoms with van der Waals surface area (Å²) < 4.78 is 11.2. The van der Waals surface area contributed by atoms with Crippen LogP contribution in [-0.2, 0) is 11.3 Å². The molecule has 21 heavy (non-hydrogen) atoms. The summed E-state index contributed by atoms with van der Waals surface area (Å²) in [5.74, 6) is 0.896. The van der Waals surface area contributed by atoms with E-state index in [0.29, 0.717) is 6.10 Å². The van der Waals surface area contributed by atoms with Gasteiger partial charge in [0.05, 0.1) is 12.6 Å². The summed E-state index contributed by atoms with van der Waals surface area (Å²) in [6, 6.07) is 12.1. The van der Waals surface area contributed by atoms with E-state index in [9.17, 15) is 0 Å². The first-order valence-corrected chi connectivity index (χ1v) is 7.62. The summed E-state index contributed by atoms with van der Waals surface area (Å²) in [6.07, 6.45) is 4.00. The molecule has 1 aromatic carbocycles. The fraction of sp³-hybridized carbons (Fsp3) is 0.471. The first-order chi connectivity index (χ1) is 10.3. The first kappa shape index (κ1) is 14.3. The Morgan fingerprint density at radius 3 is 2.86 bits per heavy atom. The van der Waals surface area contributed by atoms with Crippen molar-refractivity contribution in [1.82, 2.24) is 10.1 Å². The molecule has 1 aromatic heterocycles. The van der Waals surface area contributed by atoms with E-state index in [2.05, 4.69) is 17.1 Å². The highest BCUT2D eigenvalue weighted by Crippen LogP contribution is 2.20. The molecule has 0 saturated carbocycles. The van der Waals surface area contributed by atoms with E-state index in [-0.39, 0.29) is 0 Å². The second kappa shape index (κ2) is 6.87. The molecule has 1 atom stereocenters. The topological polar surface area (TPSA) is 38.5 Å². The molecule has 1 aliphatic rings. The summed E-state index contributed by atoms with van der Waals surface area (Å²) in [7, 11) is 2.10. The molecule has 1 aliphatic heterocycles. The minimum atomic E-state index is 0.361. The van der Waals surface area contributed by atoms with Crippen molar-refractivity contribution in [3.8, 4) is 11.3 Å². The van der Waals surface area contributed by atoms with Crippen LogP contribution in [0.15, 0.2) is 40.9 Å². The van der Waals surface area contributed by atoms with Crippen LogP contribution in [0.3, 0.4) is 0 Å². The molecule has 4 nitrogen and oxygen atoms in total. The van der Waals surface area contributed by atoms with Crippen LogP contribution >= 0.6 is 0 Å². The lowest BCUT2D eigenvalue weighted by atomic mass is 10.1. The molecule has 0 amide bonds. The van der Waals surface area contributed by atoms with Gasteiger partial charge in [0, 0.05) is 24.8 Å². The van der Waals surface area contributed by atoms with Gasteiger partial charge in [-0.25, -0.2) is 0 Å². The summed E-state index contributed by atoms with van der Waals surface area (Å²) in [4.78, 5) is 2.24. The van der Waals surface area contributed by atoms with E-state index in [1.54, 1.807) is 0 Å². The van der Waals surface area contributed by atoms with Crippen molar-refractivity contribution in [2.24, 2.45) is 0 Å². The van der Waals surface area contributed by atoms with Crippen molar-refractivity contribution in [3.05, 3.63) is 42.2 Å². The Hall–Kier alpha value is -1.65. The number of benzene rings is 1. The van der Waals surface area contributed by atoms with Crippen LogP contribution in [0, 0.1) is 0 Å². The Kier molecular flexibility index (Phi) is 4.68. The predicted molar refractivity (Wildman–Crippen MR) is 81.9 cm³/mol. The zero-order valence-corrected chi connectivity index (χ0v) is 12.5. The quantitative estimate of drug-likeness (QED) is 0.845. The fourth-order valence-corrected chi connectivity index (χ4v) is 2.76. The van der Waals surface area contributed by atoms with Crippen LogP contribution in [-0.4, -0.2) is 36.4 Å².